The molecule has 0 spiro atoms. The molecule has 0 aliphatic carbocycles. The van der Waals surface area contributed by atoms with Gasteiger partial charge in [-0.1, -0.05) is 6.07 Å². The van der Waals surface area contributed by atoms with Gasteiger partial charge in [0.2, 0.25) is 0 Å². The van der Waals surface area contributed by atoms with Crippen LogP contribution in [-0.2, 0) is 16.0 Å². The summed E-state index contributed by atoms with van der Waals surface area (Å²) in [5, 5.41) is 6.65. The van der Waals surface area contributed by atoms with Crippen LogP contribution in [0.2, 0.25) is 0 Å². The second-order valence-electron chi connectivity index (χ2n) is 4.02. The van der Waals surface area contributed by atoms with E-state index < -0.39 is 0 Å². The molecule has 2 N–H and O–H groups in total. The monoisotopic (exact) mass is 253 g/mol. The lowest BCUT2D eigenvalue weighted by atomic mass is 10.3. The van der Waals surface area contributed by atoms with Gasteiger partial charge in [0.1, 0.15) is 0 Å². The van der Waals surface area contributed by atoms with Crippen molar-refractivity contribution in [2.24, 2.45) is 0 Å². The van der Waals surface area contributed by atoms with Crippen molar-refractivity contribution >= 4 is 0 Å². The van der Waals surface area contributed by atoms with Crippen LogP contribution >= 0.6 is 0 Å². The molecular formula is C13H23N3O2. The van der Waals surface area contributed by atoms with Crippen LogP contribution in [0.5, 0.6) is 0 Å². The molecule has 0 radical (unpaired) electrons. The molecule has 1 aromatic heterocycles. The number of methoxy groups -OCH3 is 2. The zero-order valence-electron chi connectivity index (χ0n) is 11.2. The van der Waals surface area contributed by atoms with E-state index in [1.54, 1.807) is 14.2 Å². The average Bonchev–Trinajstić information content (AvgIpc) is 2.42. The first kappa shape index (κ1) is 15.0. The predicted octanol–water partition coefficient (Wildman–Crippen LogP) is 0.422. The summed E-state index contributed by atoms with van der Waals surface area (Å²) in [4.78, 5) is 4.24. The lowest BCUT2D eigenvalue weighted by Crippen LogP contribution is -2.35. The van der Waals surface area contributed by atoms with Gasteiger partial charge in [0, 0.05) is 46.6 Å². The number of pyridine rings is 1. The molecule has 5 nitrogen and oxygen atoms in total. The standard InChI is InChI=1S/C13H23N3O2/c1-17-11-13(18-2)10-15-8-7-14-9-12-5-3-4-6-16-12/h3-6,13-15H,7-11H2,1-2H3. The smallest absolute Gasteiger partial charge is 0.0928 e. The Kier molecular flexibility index (Phi) is 8.33. The molecule has 1 atom stereocenters. The first-order valence-corrected chi connectivity index (χ1v) is 6.20. The third-order valence-electron chi connectivity index (χ3n) is 2.57. The largest absolute Gasteiger partial charge is 0.382 e. The molecule has 0 saturated carbocycles. The number of rotatable bonds is 10. The number of hydrogen-bond acceptors (Lipinski definition) is 5. The van der Waals surface area contributed by atoms with Crippen molar-refractivity contribution in [2.75, 3.05) is 40.5 Å². The highest BCUT2D eigenvalue weighted by Gasteiger charge is 2.04. The topological polar surface area (TPSA) is 55.4 Å². The predicted molar refractivity (Wildman–Crippen MR) is 71.5 cm³/mol. The van der Waals surface area contributed by atoms with Gasteiger partial charge >= 0.3 is 0 Å². The quantitative estimate of drug-likeness (QED) is 0.592. The summed E-state index contributed by atoms with van der Waals surface area (Å²) in [5.74, 6) is 0. The average molecular weight is 253 g/mol. The van der Waals surface area contributed by atoms with Gasteiger partial charge in [-0.15, -0.1) is 0 Å². The maximum absolute atomic E-state index is 5.25. The van der Waals surface area contributed by atoms with Crippen LogP contribution in [0.25, 0.3) is 0 Å². The lowest BCUT2D eigenvalue weighted by molar-refractivity contribution is 0.0291. The molecule has 0 aliphatic heterocycles. The molecule has 0 fully saturated rings. The van der Waals surface area contributed by atoms with Gasteiger partial charge < -0.3 is 20.1 Å². The van der Waals surface area contributed by atoms with Crippen LogP contribution in [0.4, 0.5) is 0 Å². The van der Waals surface area contributed by atoms with Crippen molar-refractivity contribution in [1.29, 1.82) is 0 Å². The van der Waals surface area contributed by atoms with E-state index in [0.29, 0.717) is 6.61 Å². The number of nitrogens with one attached hydrogen (secondary N) is 2. The number of aromatic nitrogens is 1. The SMILES string of the molecule is COCC(CNCCNCc1ccccn1)OC. The fraction of sp³-hybridized carbons (Fsp3) is 0.615. The van der Waals surface area contributed by atoms with E-state index in [2.05, 4.69) is 15.6 Å². The molecule has 1 heterocycles. The molecule has 1 rings (SSSR count). The van der Waals surface area contributed by atoms with Crippen LogP contribution in [0.1, 0.15) is 5.69 Å². The highest BCUT2D eigenvalue weighted by molar-refractivity contribution is 5.02. The van der Waals surface area contributed by atoms with Crippen LogP contribution < -0.4 is 10.6 Å². The Bertz CT molecular complexity index is 296. The Morgan fingerprint density at radius 2 is 2.06 bits per heavy atom. The molecule has 1 aromatic rings. The van der Waals surface area contributed by atoms with Crippen molar-refractivity contribution in [2.45, 2.75) is 12.6 Å². The van der Waals surface area contributed by atoms with Crippen molar-refractivity contribution in [3.05, 3.63) is 30.1 Å². The number of hydrogen-bond donors (Lipinski definition) is 2. The van der Waals surface area contributed by atoms with Crippen molar-refractivity contribution < 1.29 is 9.47 Å². The van der Waals surface area contributed by atoms with Crippen molar-refractivity contribution in [3.63, 3.8) is 0 Å². The highest BCUT2D eigenvalue weighted by Crippen LogP contribution is 1.91. The molecule has 102 valence electrons. The van der Waals surface area contributed by atoms with E-state index in [1.807, 2.05) is 24.4 Å². The third kappa shape index (κ3) is 6.66. The fourth-order valence-corrected chi connectivity index (χ4v) is 1.56. The van der Waals surface area contributed by atoms with Crippen LogP contribution in [0.3, 0.4) is 0 Å². The Balaban J connectivity index is 1.98. The molecule has 0 saturated heterocycles. The summed E-state index contributed by atoms with van der Waals surface area (Å²) in [6, 6.07) is 5.93. The van der Waals surface area contributed by atoms with Crippen molar-refractivity contribution in [1.82, 2.24) is 15.6 Å². The highest BCUT2D eigenvalue weighted by atomic mass is 16.5. The minimum absolute atomic E-state index is 0.116. The van der Waals surface area contributed by atoms with Gasteiger partial charge in [-0.2, -0.15) is 0 Å². The van der Waals surface area contributed by atoms with Crippen LogP contribution in [0, 0.1) is 0 Å². The Morgan fingerprint density at radius 3 is 2.72 bits per heavy atom. The first-order valence-electron chi connectivity index (χ1n) is 6.20. The molecule has 0 aliphatic rings. The number of ether oxygens (including phenoxy) is 2. The van der Waals surface area contributed by atoms with E-state index >= 15 is 0 Å². The van der Waals surface area contributed by atoms with E-state index in [-0.39, 0.29) is 6.10 Å². The summed E-state index contributed by atoms with van der Waals surface area (Å²) in [5.41, 5.74) is 1.06. The Morgan fingerprint density at radius 1 is 1.22 bits per heavy atom. The second kappa shape index (κ2) is 9.96. The Hall–Kier alpha value is -1.01. The summed E-state index contributed by atoms with van der Waals surface area (Å²) >= 11 is 0. The van der Waals surface area contributed by atoms with E-state index in [0.717, 1.165) is 31.9 Å². The van der Waals surface area contributed by atoms with Crippen LogP contribution in [0.15, 0.2) is 24.4 Å². The lowest BCUT2D eigenvalue weighted by Gasteiger charge is -2.15. The molecule has 0 bridgehead atoms. The molecule has 1 unspecified atom stereocenters. The van der Waals surface area contributed by atoms with Gasteiger partial charge in [-0.05, 0) is 12.1 Å². The molecule has 18 heavy (non-hydrogen) atoms. The summed E-state index contributed by atoms with van der Waals surface area (Å²) in [7, 11) is 3.38. The zero-order chi connectivity index (χ0) is 13.1. The van der Waals surface area contributed by atoms with Gasteiger partial charge in [0.25, 0.3) is 0 Å². The van der Waals surface area contributed by atoms with E-state index in [4.69, 9.17) is 9.47 Å². The first-order chi connectivity index (χ1) is 8.86. The van der Waals surface area contributed by atoms with Gasteiger partial charge in [0.15, 0.2) is 0 Å². The molecule has 0 aromatic carbocycles. The number of nitrogens with zero attached hydrogens (tertiary/aromatic N) is 1. The zero-order valence-corrected chi connectivity index (χ0v) is 11.2. The Labute approximate surface area is 109 Å². The molecular weight excluding hydrogens is 230 g/mol. The van der Waals surface area contributed by atoms with Crippen molar-refractivity contribution in [3.8, 4) is 0 Å². The summed E-state index contributed by atoms with van der Waals surface area (Å²) in [6.07, 6.45) is 1.93. The molecule has 0 amide bonds. The minimum Gasteiger partial charge on any atom is -0.382 e. The minimum atomic E-state index is 0.116. The fourth-order valence-electron chi connectivity index (χ4n) is 1.56. The molecule has 5 heteroatoms. The summed E-state index contributed by atoms with van der Waals surface area (Å²) < 4.78 is 10.3. The summed E-state index contributed by atoms with van der Waals surface area (Å²) in [6.45, 7) is 4.02. The van der Waals surface area contributed by atoms with Gasteiger partial charge in [-0.25, -0.2) is 0 Å². The second-order valence-corrected chi connectivity index (χ2v) is 4.02. The van der Waals surface area contributed by atoms with E-state index in [1.165, 1.54) is 0 Å². The van der Waals surface area contributed by atoms with E-state index in [9.17, 15) is 0 Å². The van der Waals surface area contributed by atoms with Gasteiger partial charge in [-0.3, -0.25) is 4.98 Å². The van der Waals surface area contributed by atoms with Crippen LogP contribution in [-0.4, -0.2) is 51.5 Å². The maximum atomic E-state index is 5.25. The maximum Gasteiger partial charge on any atom is 0.0928 e. The third-order valence-corrected chi connectivity index (χ3v) is 2.57. The van der Waals surface area contributed by atoms with Gasteiger partial charge in [0.05, 0.1) is 18.4 Å². The normalized spacial score (nSPS) is 12.6.